The summed E-state index contributed by atoms with van der Waals surface area (Å²) >= 11 is 0. The maximum atomic E-state index is 12.2. The molecule has 1 aromatic carbocycles. The zero-order chi connectivity index (χ0) is 13.9. The molecule has 0 heterocycles. The van der Waals surface area contributed by atoms with E-state index in [1.165, 1.54) is 11.0 Å². The Balaban J connectivity index is 3.04. The number of rotatable bonds is 3. The molecule has 1 unspecified atom stereocenters. The lowest BCUT2D eigenvalue weighted by molar-refractivity contribution is 0.0775. The molecule has 0 aliphatic heterocycles. The number of aromatic hydroxyl groups is 1. The molecule has 4 N–H and O–H groups in total. The van der Waals surface area contributed by atoms with Crippen molar-refractivity contribution in [2.24, 2.45) is 10.9 Å². The first-order chi connectivity index (χ1) is 8.40. The second-order valence-electron chi connectivity index (χ2n) is 4.07. The summed E-state index contributed by atoms with van der Waals surface area (Å²) in [4.78, 5) is 13.5. The lowest BCUT2D eigenvalue weighted by Crippen LogP contribution is -2.44. The molecule has 0 saturated heterocycles. The van der Waals surface area contributed by atoms with Crippen molar-refractivity contribution < 1.29 is 15.1 Å². The minimum Gasteiger partial charge on any atom is -0.508 e. The van der Waals surface area contributed by atoms with E-state index in [0.717, 1.165) is 0 Å². The van der Waals surface area contributed by atoms with Crippen molar-refractivity contribution in [2.75, 3.05) is 7.05 Å². The molecular formula is C12H17N3O3. The summed E-state index contributed by atoms with van der Waals surface area (Å²) < 4.78 is 0. The summed E-state index contributed by atoms with van der Waals surface area (Å²) in [5, 5.41) is 21.0. The van der Waals surface area contributed by atoms with Gasteiger partial charge in [-0.1, -0.05) is 11.2 Å². The lowest BCUT2D eigenvalue weighted by Gasteiger charge is -2.24. The zero-order valence-corrected chi connectivity index (χ0v) is 10.6. The Morgan fingerprint density at radius 3 is 2.67 bits per heavy atom. The van der Waals surface area contributed by atoms with Gasteiger partial charge in [0.1, 0.15) is 5.75 Å². The van der Waals surface area contributed by atoms with Gasteiger partial charge in [0.25, 0.3) is 5.91 Å². The predicted molar refractivity (Wildman–Crippen MR) is 67.8 cm³/mol. The molecule has 0 fully saturated rings. The Hall–Kier alpha value is -2.24. The molecule has 1 atom stereocenters. The Labute approximate surface area is 105 Å². The quantitative estimate of drug-likeness (QED) is 0.322. The van der Waals surface area contributed by atoms with Crippen molar-refractivity contribution in [3.05, 3.63) is 29.3 Å². The van der Waals surface area contributed by atoms with Crippen LogP contribution in [0, 0.1) is 6.92 Å². The molecule has 1 rings (SSSR count). The summed E-state index contributed by atoms with van der Waals surface area (Å²) in [5.41, 5.74) is 6.34. The summed E-state index contributed by atoms with van der Waals surface area (Å²) in [6.07, 6.45) is 0. The molecule has 0 radical (unpaired) electrons. The van der Waals surface area contributed by atoms with Crippen LogP contribution in [0.15, 0.2) is 23.4 Å². The minimum absolute atomic E-state index is 0.0522. The van der Waals surface area contributed by atoms with E-state index < -0.39 is 6.04 Å². The van der Waals surface area contributed by atoms with E-state index >= 15 is 0 Å². The lowest BCUT2D eigenvalue weighted by atomic mass is 10.1. The van der Waals surface area contributed by atoms with Crippen LogP contribution in [0.1, 0.15) is 22.8 Å². The molecule has 6 nitrogen and oxygen atoms in total. The highest BCUT2D eigenvalue weighted by atomic mass is 16.4. The van der Waals surface area contributed by atoms with E-state index in [-0.39, 0.29) is 17.5 Å². The molecular weight excluding hydrogens is 234 g/mol. The maximum Gasteiger partial charge on any atom is 0.254 e. The van der Waals surface area contributed by atoms with Crippen molar-refractivity contribution >= 4 is 11.7 Å². The molecule has 1 aromatic rings. The first kappa shape index (κ1) is 13.8. The molecule has 0 aliphatic carbocycles. The number of carbonyl (C=O) groups is 1. The van der Waals surface area contributed by atoms with Gasteiger partial charge in [-0.3, -0.25) is 4.79 Å². The number of amidine groups is 1. The molecule has 1 amide bonds. The summed E-state index contributed by atoms with van der Waals surface area (Å²) in [7, 11) is 1.55. The van der Waals surface area contributed by atoms with E-state index in [1.807, 2.05) is 0 Å². The van der Waals surface area contributed by atoms with E-state index in [1.54, 1.807) is 33.0 Å². The number of phenols is 1. The van der Waals surface area contributed by atoms with Crippen molar-refractivity contribution in [1.29, 1.82) is 0 Å². The molecule has 6 heteroatoms. The van der Waals surface area contributed by atoms with E-state index in [4.69, 9.17) is 10.9 Å². The number of benzene rings is 1. The van der Waals surface area contributed by atoms with Crippen LogP contribution in [0.4, 0.5) is 0 Å². The predicted octanol–water partition coefficient (Wildman–Crippen LogP) is 0.908. The van der Waals surface area contributed by atoms with Crippen molar-refractivity contribution in [1.82, 2.24) is 4.90 Å². The number of phenolic OH excluding ortho intramolecular Hbond substituents is 1. The normalized spacial score (nSPS) is 13.2. The topological polar surface area (TPSA) is 99.2 Å². The Morgan fingerprint density at radius 1 is 1.50 bits per heavy atom. The van der Waals surface area contributed by atoms with Crippen molar-refractivity contribution in [2.45, 2.75) is 19.9 Å². The highest BCUT2D eigenvalue weighted by molar-refractivity contribution is 5.99. The number of nitrogens with two attached hydrogens (primary N) is 1. The average molecular weight is 251 g/mol. The number of hydrogen-bond donors (Lipinski definition) is 3. The fourth-order valence-electron chi connectivity index (χ4n) is 1.50. The largest absolute Gasteiger partial charge is 0.508 e. The fourth-order valence-corrected chi connectivity index (χ4v) is 1.50. The fraction of sp³-hybridized carbons (Fsp3) is 0.333. The first-order valence-electron chi connectivity index (χ1n) is 5.43. The number of oxime groups is 1. The molecule has 0 aromatic heterocycles. The van der Waals surface area contributed by atoms with Crippen molar-refractivity contribution in [3.8, 4) is 5.75 Å². The van der Waals surface area contributed by atoms with Crippen LogP contribution >= 0.6 is 0 Å². The van der Waals surface area contributed by atoms with Gasteiger partial charge in [-0.2, -0.15) is 0 Å². The second kappa shape index (κ2) is 5.39. The first-order valence-corrected chi connectivity index (χ1v) is 5.43. The Bertz CT molecular complexity index is 485. The number of hydrogen-bond acceptors (Lipinski definition) is 4. The van der Waals surface area contributed by atoms with Gasteiger partial charge in [-0.15, -0.1) is 0 Å². The van der Waals surface area contributed by atoms with Crippen LogP contribution < -0.4 is 5.73 Å². The van der Waals surface area contributed by atoms with E-state index in [0.29, 0.717) is 11.1 Å². The molecule has 0 bridgehead atoms. The third-order valence-corrected chi connectivity index (χ3v) is 2.98. The van der Waals surface area contributed by atoms with E-state index in [2.05, 4.69) is 5.16 Å². The molecule has 18 heavy (non-hydrogen) atoms. The van der Waals surface area contributed by atoms with Gasteiger partial charge in [0.05, 0.1) is 6.04 Å². The van der Waals surface area contributed by atoms with Gasteiger partial charge in [0, 0.05) is 18.2 Å². The monoisotopic (exact) mass is 251 g/mol. The van der Waals surface area contributed by atoms with Gasteiger partial charge in [-0.25, -0.2) is 0 Å². The summed E-state index contributed by atoms with van der Waals surface area (Å²) in [5.74, 6) is -0.295. The smallest absolute Gasteiger partial charge is 0.254 e. The third-order valence-electron chi connectivity index (χ3n) is 2.98. The van der Waals surface area contributed by atoms with Crippen LogP contribution in [0.3, 0.4) is 0 Å². The summed E-state index contributed by atoms with van der Waals surface area (Å²) in [6.45, 7) is 3.30. The molecule has 0 saturated carbocycles. The van der Waals surface area contributed by atoms with Gasteiger partial charge >= 0.3 is 0 Å². The second-order valence-corrected chi connectivity index (χ2v) is 4.07. The molecule has 0 aliphatic rings. The number of nitrogens with zero attached hydrogens (tertiary/aromatic N) is 2. The Kier molecular flexibility index (Phi) is 4.14. The molecule has 98 valence electrons. The van der Waals surface area contributed by atoms with Crippen LogP contribution in [0.2, 0.25) is 0 Å². The van der Waals surface area contributed by atoms with Crippen molar-refractivity contribution in [3.63, 3.8) is 0 Å². The summed E-state index contributed by atoms with van der Waals surface area (Å²) in [6, 6.07) is 4.19. The van der Waals surface area contributed by atoms with Crippen LogP contribution in [0.25, 0.3) is 0 Å². The highest BCUT2D eigenvalue weighted by Crippen LogP contribution is 2.21. The molecule has 0 spiro atoms. The number of carbonyl (C=O) groups excluding carboxylic acids is 1. The van der Waals surface area contributed by atoms with E-state index in [9.17, 15) is 9.90 Å². The van der Waals surface area contributed by atoms with Crippen LogP contribution in [-0.2, 0) is 0 Å². The van der Waals surface area contributed by atoms with Gasteiger partial charge in [0.15, 0.2) is 5.84 Å². The SMILES string of the molecule is Cc1c(O)cccc1C(=O)N(C)C(C)/C(N)=N/O. The highest BCUT2D eigenvalue weighted by Gasteiger charge is 2.22. The zero-order valence-electron chi connectivity index (χ0n) is 10.6. The van der Waals surface area contributed by atoms with Crippen LogP contribution in [0.5, 0.6) is 5.75 Å². The van der Waals surface area contributed by atoms with Gasteiger partial charge < -0.3 is 20.9 Å². The minimum atomic E-state index is -0.538. The van der Waals surface area contributed by atoms with Gasteiger partial charge in [-0.05, 0) is 26.0 Å². The van der Waals surface area contributed by atoms with Crippen LogP contribution in [-0.4, -0.2) is 40.0 Å². The number of likely N-dealkylation sites (N-methyl/N-ethyl adjacent to an activating group) is 1. The third kappa shape index (κ3) is 2.53. The average Bonchev–Trinajstić information content (AvgIpc) is 2.38. The standard InChI is InChI=1S/C12H17N3O3/c1-7-9(5-4-6-10(7)16)12(17)15(3)8(2)11(13)14-18/h4-6,8,16,18H,1-3H3,(H2,13,14). The number of amides is 1. The van der Waals surface area contributed by atoms with Gasteiger partial charge in [0.2, 0.25) is 0 Å². The maximum absolute atomic E-state index is 12.2. The Morgan fingerprint density at radius 2 is 2.11 bits per heavy atom.